The summed E-state index contributed by atoms with van der Waals surface area (Å²) in [4.78, 5) is 18.8. The molecular weight excluding hydrogens is 530 g/mol. The smallest absolute Gasteiger partial charge is 0.318 e. The van der Waals surface area contributed by atoms with Crippen molar-refractivity contribution in [3.05, 3.63) is 66.4 Å². The molecule has 2 unspecified atom stereocenters. The maximum absolute atomic E-state index is 10.5. The Labute approximate surface area is 247 Å². The van der Waals surface area contributed by atoms with Gasteiger partial charge in [0, 0.05) is 55.4 Å². The average molecular weight is 570 g/mol. The molecule has 220 valence electrons. The normalized spacial score (nSPS) is 22.4. The van der Waals surface area contributed by atoms with Gasteiger partial charge in [-0.15, -0.1) is 0 Å². The second-order valence-electron chi connectivity index (χ2n) is 11.3. The molecule has 0 aliphatic carbocycles. The molecule has 4 heterocycles. The van der Waals surface area contributed by atoms with Gasteiger partial charge in [-0.25, -0.2) is 0 Å². The lowest BCUT2D eigenvalue weighted by molar-refractivity contribution is -0.0120. The third-order valence-electron chi connectivity index (χ3n) is 8.76. The molecule has 2 aromatic carbocycles. The van der Waals surface area contributed by atoms with Gasteiger partial charge in [0.05, 0.1) is 44.0 Å². The van der Waals surface area contributed by atoms with E-state index in [0.717, 1.165) is 43.2 Å². The van der Waals surface area contributed by atoms with Gasteiger partial charge in [-0.3, -0.25) is 9.80 Å². The maximum Gasteiger partial charge on any atom is 0.318 e. The van der Waals surface area contributed by atoms with Crippen molar-refractivity contribution in [2.75, 3.05) is 69.4 Å². The molecule has 10 nitrogen and oxygen atoms in total. The number of anilines is 2. The van der Waals surface area contributed by atoms with Gasteiger partial charge in [0.15, 0.2) is 0 Å². The van der Waals surface area contributed by atoms with E-state index in [0.29, 0.717) is 51.8 Å². The summed E-state index contributed by atoms with van der Waals surface area (Å²) < 4.78 is 12.0. The number of likely N-dealkylation sites (N-methyl/N-ethyl adjacent to an activating group) is 1. The molecule has 42 heavy (non-hydrogen) atoms. The predicted molar refractivity (Wildman–Crippen MR) is 163 cm³/mol. The minimum absolute atomic E-state index is 0.137. The van der Waals surface area contributed by atoms with Crippen LogP contribution >= 0.6 is 0 Å². The number of piperazine rings is 1. The molecule has 3 aromatic rings. The minimum atomic E-state index is -0.785. The van der Waals surface area contributed by atoms with E-state index in [1.807, 2.05) is 4.90 Å². The van der Waals surface area contributed by atoms with Crippen LogP contribution in [0.1, 0.15) is 17.7 Å². The zero-order valence-corrected chi connectivity index (χ0v) is 24.2. The van der Waals surface area contributed by atoms with Crippen LogP contribution in [0.15, 0.2) is 55.1 Å². The number of morpholine rings is 1. The lowest BCUT2D eigenvalue weighted by Gasteiger charge is -2.43. The molecule has 0 amide bonds. The summed E-state index contributed by atoms with van der Waals surface area (Å²) in [5, 5.41) is 22.5. The number of rotatable bonds is 8. The van der Waals surface area contributed by atoms with Crippen molar-refractivity contribution in [3.8, 4) is 12.1 Å². The predicted octanol–water partition coefficient (Wildman–Crippen LogP) is 2.81. The number of nitriles is 1. The van der Waals surface area contributed by atoms with Crippen molar-refractivity contribution in [1.29, 1.82) is 5.26 Å². The van der Waals surface area contributed by atoms with Gasteiger partial charge >= 0.3 is 6.01 Å². The highest BCUT2D eigenvalue weighted by Gasteiger charge is 2.34. The molecule has 0 saturated carbocycles. The standard InChI is InChI=1S/C32H39N7O3/c1-3-30(40)39-16-15-38(19-24(39)11-13-33)31-27-12-14-37(29-10-6-8-23-7-4-5-9-26(23)29)20-28(27)34-32(35-31)42-22-25-21-41-18-17-36(25)2/h3-10,24-25,30,40H,1,11-12,14-22H2,2H3/t24?,25-,30?/m0/s1. The average Bonchev–Trinajstić information content (AvgIpc) is 3.03. The van der Waals surface area contributed by atoms with Crippen LogP contribution < -0.4 is 14.5 Å². The van der Waals surface area contributed by atoms with Gasteiger partial charge < -0.3 is 24.4 Å². The minimum Gasteiger partial charge on any atom is -0.462 e. The van der Waals surface area contributed by atoms with E-state index in [9.17, 15) is 10.4 Å². The molecule has 2 saturated heterocycles. The van der Waals surface area contributed by atoms with Gasteiger partial charge in [-0.1, -0.05) is 43.0 Å². The van der Waals surface area contributed by atoms with E-state index >= 15 is 0 Å². The van der Waals surface area contributed by atoms with E-state index in [1.54, 1.807) is 0 Å². The lowest BCUT2D eigenvalue weighted by Crippen LogP contribution is -2.56. The monoisotopic (exact) mass is 569 g/mol. The summed E-state index contributed by atoms with van der Waals surface area (Å²) in [6, 6.07) is 17.6. The van der Waals surface area contributed by atoms with E-state index in [4.69, 9.17) is 19.4 Å². The number of fused-ring (bicyclic) bond motifs is 2. The maximum atomic E-state index is 10.5. The van der Waals surface area contributed by atoms with Crippen molar-refractivity contribution >= 4 is 22.3 Å². The summed E-state index contributed by atoms with van der Waals surface area (Å²) >= 11 is 0. The Kier molecular flexibility index (Phi) is 8.53. The molecule has 10 heteroatoms. The zero-order valence-electron chi connectivity index (χ0n) is 24.2. The topological polar surface area (TPSA) is 101 Å². The molecule has 1 aromatic heterocycles. The number of nitrogens with zero attached hydrogens (tertiary/aromatic N) is 7. The highest BCUT2D eigenvalue weighted by molar-refractivity contribution is 5.94. The van der Waals surface area contributed by atoms with Crippen LogP contribution in [0.4, 0.5) is 11.5 Å². The quantitative estimate of drug-likeness (QED) is 0.408. The van der Waals surface area contributed by atoms with Crippen LogP contribution in [0.3, 0.4) is 0 Å². The van der Waals surface area contributed by atoms with Crippen LogP contribution in [0.2, 0.25) is 0 Å². The first-order valence-electron chi connectivity index (χ1n) is 14.8. The Hall–Kier alpha value is -3.75. The highest BCUT2D eigenvalue weighted by Crippen LogP contribution is 2.35. The number of hydrogen-bond acceptors (Lipinski definition) is 10. The lowest BCUT2D eigenvalue weighted by atomic mass is 10.0. The van der Waals surface area contributed by atoms with Crippen LogP contribution in [0.25, 0.3) is 10.8 Å². The van der Waals surface area contributed by atoms with Crippen molar-refractivity contribution in [2.24, 2.45) is 0 Å². The second kappa shape index (κ2) is 12.6. The summed E-state index contributed by atoms with van der Waals surface area (Å²) in [6.07, 6.45) is 1.84. The Bertz CT molecular complexity index is 1450. The third-order valence-corrected chi connectivity index (χ3v) is 8.76. The first-order chi connectivity index (χ1) is 20.6. The number of ether oxygens (including phenoxy) is 2. The van der Waals surface area contributed by atoms with Crippen molar-refractivity contribution < 1.29 is 14.6 Å². The van der Waals surface area contributed by atoms with Crippen molar-refractivity contribution in [3.63, 3.8) is 0 Å². The number of aliphatic hydroxyl groups excluding tert-OH is 1. The Morgan fingerprint density at radius 2 is 1.98 bits per heavy atom. The van der Waals surface area contributed by atoms with Crippen LogP contribution in [0.5, 0.6) is 6.01 Å². The molecule has 3 aliphatic heterocycles. The number of hydrogen-bond donors (Lipinski definition) is 1. The van der Waals surface area contributed by atoms with Crippen molar-refractivity contribution in [1.82, 2.24) is 19.8 Å². The molecule has 3 aliphatic rings. The zero-order chi connectivity index (χ0) is 29.1. The summed E-state index contributed by atoms with van der Waals surface area (Å²) in [6.45, 7) is 9.75. The molecular formula is C32H39N7O3. The SMILES string of the molecule is C=CC(O)N1CCN(c2nc(OC[C@@H]3COCCN3C)nc3c2CCN(c2cccc4ccccc24)C3)CC1CC#N. The molecule has 2 fully saturated rings. The second-order valence-corrected chi connectivity index (χ2v) is 11.3. The van der Waals surface area contributed by atoms with Gasteiger partial charge in [0.2, 0.25) is 0 Å². The van der Waals surface area contributed by atoms with Gasteiger partial charge in [0.25, 0.3) is 0 Å². The summed E-state index contributed by atoms with van der Waals surface area (Å²) in [7, 11) is 2.09. The van der Waals surface area contributed by atoms with E-state index in [1.165, 1.54) is 22.5 Å². The van der Waals surface area contributed by atoms with Gasteiger partial charge in [0.1, 0.15) is 18.7 Å². The molecule has 1 N–H and O–H groups in total. The van der Waals surface area contributed by atoms with E-state index < -0.39 is 6.23 Å². The number of aliphatic hydroxyl groups is 1. The molecule has 3 atom stereocenters. The molecule has 0 spiro atoms. The highest BCUT2D eigenvalue weighted by atomic mass is 16.5. The molecule has 0 bridgehead atoms. The first kappa shape index (κ1) is 28.4. The summed E-state index contributed by atoms with van der Waals surface area (Å²) in [5.74, 6) is 0.872. The van der Waals surface area contributed by atoms with Crippen LogP contribution in [-0.4, -0.2) is 103 Å². The fraction of sp³-hybridized carbons (Fsp3) is 0.469. The first-order valence-corrected chi connectivity index (χ1v) is 14.8. The molecule has 0 radical (unpaired) electrons. The van der Waals surface area contributed by atoms with Crippen LogP contribution in [0, 0.1) is 11.3 Å². The summed E-state index contributed by atoms with van der Waals surface area (Å²) in [5.41, 5.74) is 3.29. The molecule has 6 rings (SSSR count). The van der Waals surface area contributed by atoms with Gasteiger partial charge in [-0.2, -0.15) is 15.2 Å². The number of aromatic nitrogens is 2. The Morgan fingerprint density at radius 3 is 2.81 bits per heavy atom. The van der Waals surface area contributed by atoms with Gasteiger partial charge in [-0.05, 0) is 31.0 Å². The number of benzene rings is 2. The van der Waals surface area contributed by atoms with E-state index in [2.05, 4.69) is 76.9 Å². The van der Waals surface area contributed by atoms with E-state index in [-0.39, 0.29) is 12.1 Å². The fourth-order valence-electron chi connectivity index (χ4n) is 6.32. The third kappa shape index (κ3) is 5.78. The fourth-order valence-corrected chi connectivity index (χ4v) is 6.32. The van der Waals surface area contributed by atoms with Crippen molar-refractivity contribution in [2.45, 2.75) is 37.7 Å². The Morgan fingerprint density at radius 1 is 1.12 bits per heavy atom. The largest absolute Gasteiger partial charge is 0.462 e. The van der Waals surface area contributed by atoms with Crippen LogP contribution in [-0.2, 0) is 17.7 Å². The Balaban J connectivity index is 1.32.